The van der Waals surface area contributed by atoms with Gasteiger partial charge in [-0.25, -0.2) is 5.01 Å². The SMILES string of the molecule is CC(=O)Nc1ccc(C2=NN(C(C)=O)C(c3ccsc3)C2)cc1. The van der Waals surface area contributed by atoms with Crippen LogP contribution in [0.25, 0.3) is 0 Å². The quantitative estimate of drug-likeness (QED) is 0.939. The van der Waals surface area contributed by atoms with Crippen LogP contribution in [0.15, 0.2) is 46.2 Å². The van der Waals surface area contributed by atoms with Crippen molar-refractivity contribution < 1.29 is 9.59 Å². The minimum absolute atomic E-state index is 0.0382. The lowest BCUT2D eigenvalue weighted by molar-refractivity contribution is -0.130. The summed E-state index contributed by atoms with van der Waals surface area (Å²) >= 11 is 1.62. The molecule has 1 unspecified atom stereocenters. The monoisotopic (exact) mass is 327 g/mol. The third-order valence-electron chi connectivity index (χ3n) is 3.70. The van der Waals surface area contributed by atoms with Crippen molar-refractivity contribution in [3.8, 4) is 0 Å². The molecule has 1 N–H and O–H groups in total. The standard InChI is InChI=1S/C17H17N3O2S/c1-11(21)18-15-5-3-13(4-6-15)16-9-17(14-7-8-23-10-14)20(19-16)12(2)22/h3-8,10,17H,9H2,1-2H3,(H,18,21). The molecule has 1 aromatic heterocycles. The summed E-state index contributed by atoms with van der Waals surface area (Å²) in [5, 5.41) is 12.9. The second-order valence-electron chi connectivity index (χ2n) is 5.45. The number of nitrogens with one attached hydrogen (secondary N) is 1. The number of benzene rings is 1. The molecule has 6 heteroatoms. The first-order valence-electron chi connectivity index (χ1n) is 7.32. The van der Waals surface area contributed by atoms with Crippen molar-refractivity contribution in [1.82, 2.24) is 5.01 Å². The lowest BCUT2D eigenvalue weighted by Crippen LogP contribution is -2.23. The predicted octanol–water partition coefficient (Wildman–Crippen LogP) is 3.40. The van der Waals surface area contributed by atoms with E-state index in [1.807, 2.05) is 35.7 Å². The minimum Gasteiger partial charge on any atom is -0.326 e. The third kappa shape index (κ3) is 3.32. The highest BCUT2D eigenvalue weighted by molar-refractivity contribution is 7.08. The molecule has 0 radical (unpaired) electrons. The number of anilines is 1. The Balaban J connectivity index is 1.84. The van der Waals surface area contributed by atoms with Crippen molar-refractivity contribution in [2.24, 2.45) is 5.10 Å². The highest BCUT2D eigenvalue weighted by atomic mass is 32.1. The van der Waals surface area contributed by atoms with E-state index in [1.165, 1.54) is 13.8 Å². The summed E-state index contributed by atoms with van der Waals surface area (Å²) in [4.78, 5) is 22.9. The minimum atomic E-state index is -0.101. The fourth-order valence-corrected chi connectivity index (χ4v) is 3.36. The highest BCUT2D eigenvalue weighted by Crippen LogP contribution is 2.33. The smallest absolute Gasteiger partial charge is 0.240 e. The van der Waals surface area contributed by atoms with Crippen LogP contribution >= 0.6 is 11.3 Å². The van der Waals surface area contributed by atoms with E-state index >= 15 is 0 Å². The molecule has 0 aliphatic carbocycles. The number of carbonyl (C=O) groups excluding carboxylic acids is 2. The average molecular weight is 327 g/mol. The Morgan fingerprint density at radius 3 is 2.52 bits per heavy atom. The number of amides is 2. The fraction of sp³-hybridized carbons (Fsp3) is 0.235. The van der Waals surface area contributed by atoms with Crippen LogP contribution in [-0.4, -0.2) is 22.5 Å². The van der Waals surface area contributed by atoms with Gasteiger partial charge in [-0.2, -0.15) is 16.4 Å². The van der Waals surface area contributed by atoms with Gasteiger partial charge in [-0.05, 0) is 40.1 Å². The summed E-state index contributed by atoms with van der Waals surface area (Å²) in [6.07, 6.45) is 0.690. The van der Waals surface area contributed by atoms with Crippen LogP contribution in [0, 0.1) is 0 Å². The van der Waals surface area contributed by atoms with Crippen molar-refractivity contribution in [3.05, 3.63) is 52.2 Å². The Morgan fingerprint density at radius 1 is 1.22 bits per heavy atom. The van der Waals surface area contributed by atoms with Gasteiger partial charge in [0, 0.05) is 26.0 Å². The van der Waals surface area contributed by atoms with Crippen LogP contribution in [0.2, 0.25) is 0 Å². The number of rotatable bonds is 3. The van der Waals surface area contributed by atoms with E-state index < -0.39 is 0 Å². The maximum atomic E-state index is 11.9. The molecule has 23 heavy (non-hydrogen) atoms. The molecule has 2 amide bonds. The van der Waals surface area contributed by atoms with Gasteiger partial charge in [0.25, 0.3) is 0 Å². The number of nitrogens with zero attached hydrogens (tertiary/aromatic N) is 2. The summed E-state index contributed by atoms with van der Waals surface area (Å²) in [6, 6.07) is 9.51. The van der Waals surface area contributed by atoms with E-state index in [9.17, 15) is 9.59 Å². The molecule has 0 saturated heterocycles. The van der Waals surface area contributed by atoms with E-state index in [1.54, 1.807) is 16.3 Å². The van der Waals surface area contributed by atoms with Crippen molar-refractivity contribution in [2.75, 3.05) is 5.32 Å². The van der Waals surface area contributed by atoms with Gasteiger partial charge >= 0.3 is 0 Å². The van der Waals surface area contributed by atoms with Gasteiger partial charge in [0.2, 0.25) is 11.8 Å². The van der Waals surface area contributed by atoms with Gasteiger partial charge in [-0.3, -0.25) is 9.59 Å². The second-order valence-corrected chi connectivity index (χ2v) is 6.23. The molecule has 1 aliphatic rings. The van der Waals surface area contributed by atoms with Crippen molar-refractivity contribution in [2.45, 2.75) is 26.3 Å². The Bertz CT molecular complexity index is 751. The van der Waals surface area contributed by atoms with Crippen LogP contribution in [0.1, 0.15) is 37.4 Å². The summed E-state index contributed by atoms with van der Waals surface area (Å²) < 4.78 is 0. The molecule has 2 heterocycles. The van der Waals surface area contributed by atoms with Gasteiger partial charge in [-0.15, -0.1) is 0 Å². The molecule has 2 aromatic rings. The molecule has 0 saturated carbocycles. The topological polar surface area (TPSA) is 61.8 Å². The van der Waals surface area contributed by atoms with E-state index in [4.69, 9.17) is 0 Å². The van der Waals surface area contributed by atoms with Crippen LogP contribution < -0.4 is 5.32 Å². The zero-order valence-corrected chi connectivity index (χ0v) is 13.8. The van der Waals surface area contributed by atoms with E-state index in [0.717, 1.165) is 22.5 Å². The lowest BCUT2D eigenvalue weighted by Gasteiger charge is -2.18. The van der Waals surface area contributed by atoms with Crippen LogP contribution in [-0.2, 0) is 9.59 Å². The average Bonchev–Trinajstić information content (AvgIpc) is 3.16. The molecule has 3 rings (SSSR count). The first-order chi connectivity index (χ1) is 11.0. The molecule has 1 aromatic carbocycles. The fourth-order valence-electron chi connectivity index (χ4n) is 2.65. The second kappa shape index (κ2) is 6.34. The normalized spacial score (nSPS) is 17.0. The summed E-state index contributed by atoms with van der Waals surface area (Å²) in [6.45, 7) is 3.01. The molecule has 0 fully saturated rings. The molecular weight excluding hydrogens is 310 g/mol. The van der Waals surface area contributed by atoms with Crippen molar-refractivity contribution in [3.63, 3.8) is 0 Å². The molecule has 5 nitrogen and oxygen atoms in total. The Kier molecular flexibility index (Phi) is 4.25. The third-order valence-corrected chi connectivity index (χ3v) is 4.40. The zero-order valence-electron chi connectivity index (χ0n) is 12.9. The van der Waals surface area contributed by atoms with Gasteiger partial charge in [0.1, 0.15) is 0 Å². The largest absolute Gasteiger partial charge is 0.326 e. The summed E-state index contributed by atoms with van der Waals surface area (Å²) in [7, 11) is 0. The van der Waals surface area contributed by atoms with E-state index in [2.05, 4.69) is 15.8 Å². The maximum Gasteiger partial charge on any atom is 0.240 e. The number of carbonyl (C=O) groups is 2. The van der Waals surface area contributed by atoms with E-state index in [0.29, 0.717) is 6.42 Å². The Hall–Kier alpha value is -2.47. The van der Waals surface area contributed by atoms with Crippen LogP contribution in [0.4, 0.5) is 5.69 Å². The lowest BCUT2D eigenvalue weighted by atomic mass is 10.0. The van der Waals surface area contributed by atoms with E-state index in [-0.39, 0.29) is 17.9 Å². The summed E-state index contributed by atoms with van der Waals surface area (Å²) in [5.74, 6) is -0.165. The van der Waals surface area contributed by atoms with Crippen molar-refractivity contribution in [1.29, 1.82) is 0 Å². The number of hydrogen-bond donors (Lipinski definition) is 1. The highest BCUT2D eigenvalue weighted by Gasteiger charge is 2.31. The number of hydrazone groups is 1. The molecular formula is C17H17N3O2S. The maximum absolute atomic E-state index is 11.9. The summed E-state index contributed by atoms with van der Waals surface area (Å²) in [5.41, 5.74) is 3.70. The van der Waals surface area contributed by atoms with Gasteiger partial charge < -0.3 is 5.32 Å². The number of hydrogen-bond acceptors (Lipinski definition) is 4. The zero-order chi connectivity index (χ0) is 16.4. The van der Waals surface area contributed by atoms with Crippen LogP contribution in [0.5, 0.6) is 0 Å². The van der Waals surface area contributed by atoms with Gasteiger partial charge in [-0.1, -0.05) is 12.1 Å². The predicted molar refractivity (Wildman–Crippen MR) is 91.5 cm³/mol. The molecule has 1 atom stereocenters. The van der Waals surface area contributed by atoms with Gasteiger partial charge in [0.05, 0.1) is 11.8 Å². The molecule has 1 aliphatic heterocycles. The molecule has 0 spiro atoms. The van der Waals surface area contributed by atoms with Gasteiger partial charge in [0.15, 0.2) is 0 Å². The first-order valence-corrected chi connectivity index (χ1v) is 8.26. The number of thiophene rings is 1. The van der Waals surface area contributed by atoms with Crippen LogP contribution in [0.3, 0.4) is 0 Å². The van der Waals surface area contributed by atoms with Crippen molar-refractivity contribution >= 4 is 34.6 Å². The molecule has 118 valence electrons. The Morgan fingerprint density at radius 2 is 1.96 bits per heavy atom. The first kappa shape index (κ1) is 15.4. The molecule has 0 bridgehead atoms. The Labute approximate surface area is 138 Å².